The van der Waals surface area contributed by atoms with Gasteiger partial charge >= 0.3 is 0 Å². The molecule has 9 nitrogen and oxygen atoms in total. The van der Waals surface area contributed by atoms with E-state index in [0.29, 0.717) is 46.9 Å². The molecule has 2 aromatic carbocycles. The number of amides is 2. The van der Waals surface area contributed by atoms with E-state index in [9.17, 15) is 18.0 Å². The molecule has 2 aromatic rings. The van der Waals surface area contributed by atoms with Crippen LogP contribution in [0.25, 0.3) is 0 Å². The maximum atomic E-state index is 13.7. The molecule has 0 spiro atoms. The Balaban J connectivity index is 1.98. The number of carbonyl (C=O) groups is 2. The Hall–Kier alpha value is -2.69. The zero-order chi connectivity index (χ0) is 27.2. The van der Waals surface area contributed by atoms with Crippen LogP contribution in [0.2, 0.25) is 10.0 Å². The van der Waals surface area contributed by atoms with Crippen molar-refractivity contribution in [1.82, 2.24) is 10.2 Å². The number of hydrogen-bond acceptors (Lipinski definition) is 6. The fraction of sp³-hybridized carbons (Fsp3) is 0.440. The van der Waals surface area contributed by atoms with Gasteiger partial charge in [0.2, 0.25) is 21.8 Å². The molecule has 0 bridgehead atoms. The van der Waals surface area contributed by atoms with Gasteiger partial charge in [-0.25, -0.2) is 8.42 Å². The van der Waals surface area contributed by atoms with Crippen molar-refractivity contribution < 1.29 is 27.5 Å². The molecule has 202 valence electrons. The lowest BCUT2D eigenvalue weighted by Gasteiger charge is -2.32. The fourth-order valence-electron chi connectivity index (χ4n) is 3.74. The van der Waals surface area contributed by atoms with E-state index < -0.39 is 28.5 Å². The highest BCUT2D eigenvalue weighted by Crippen LogP contribution is 2.35. The molecule has 2 amide bonds. The van der Waals surface area contributed by atoms with E-state index >= 15 is 0 Å². The number of benzene rings is 2. The second-order valence-electron chi connectivity index (χ2n) is 8.42. The van der Waals surface area contributed by atoms with Gasteiger partial charge in [-0.2, -0.15) is 0 Å². The van der Waals surface area contributed by atoms with E-state index in [1.807, 2.05) is 6.92 Å². The van der Waals surface area contributed by atoms with Gasteiger partial charge in [-0.1, -0.05) is 36.2 Å². The minimum Gasteiger partial charge on any atom is -0.486 e. The molecular formula is C25H31Cl2N3O6S. The Morgan fingerprint density at radius 2 is 1.70 bits per heavy atom. The van der Waals surface area contributed by atoms with Gasteiger partial charge in [-0.05, 0) is 44.5 Å². The van der Waals surface area contributed by atoms with Crippen molar-refractivity contribution >= 4 is 50.7 Å². The average Bonchev–Trinajstić information content (AvgIpc) is 2.89. The van der Waals surface area contributed by atoms with Crippen LogP contribution in [0.3, 0.4) is 0 Å². The zero-order valence-corrected chi connectivity index (χ0v) is 23.3. The van der Waals surface area contributed by atoms with E-state index in [4.69, 9.17) is 32.7 Å². The predicted molar refractivity (Wildman–Crippen MR) is 144 cm³/mol. The summed E-state index contributed by atoms with van der Waals surface area (Å²) in [6.45, 7) is 5.52. The van der Waals surface area contributed by atoms with Crippen LogP contribution in [0.1, 0.15) is 32.8 Å². The number of anilines is 1. The first-order valence-electron chi connectivity index (χ1n) is 12.0. The van der Waals surface area contributed by atoms with E-state index in [1.165, 1.54) is 17.9 Å². The Bertz CT molecular complexity index is 1220. The molecule has 0 radical (unpaired) electrons. The maximum Gasteiger partial charge on any atom is 0.244 e. The van der Waals surface area contributed by atoms with Crippen molar-refractivity contribution in [1.29, 1.82) is 0 Å². The minimum atomic E-state index is -3.88. The fourth-order valence-corrected chi connectivity index (χ4v) is 5.31. The lowest BCUT2D eigenvalue weighted by Crippen LogP contribution is -2.51. The number of fused-ring (bicyclic) bond motifs is 1. The van der Waals surface area contributed by atoms with Crippen molar-refractivity contribution in [2.24, 2.45) is 0 Å². The molecule has 3 rings (SSSR count). The van der Waals surface area contributed by atoms with Crippen LogP contribution in [0.15, 0.2) is 36.4 Å². The summed E-state index contributed by atoms with van der Waals surface area (Å²) >= 11 is 12.7. The topological polar surface area (TPSA) is 105 Å². The molecule has 1 aliphatic heterocycles. The first-order chi connectivity index (χ1) is 17.6. The highest BCUT2D eigenvalue weighted by molar-refractivity contribution is 7.92. The molecule has 0 fully saturated rings. The standard InChI is InChI=1S/C25H31Cl2N3O6S/c1-4-11-28-25(32)17(3)29(15-19-20(26)7-6-8-21(19)27)24(31)16-30(37(33,34)5-2)18-9-10-22-23(14-18)36-13-12-35-22/h6-10,14,17H,4-5,11-13,15-16H2,1-3H3,(H,28,32). The summed E-state index contributed by atoms with van der Waals surface area (Å²) in [5.41, 5.74) is 0.705. The van der Waals surface area contributed by atoms with Crippen LogP contribution in [0.4, 0.5) is 5.69 Å². The number of carbonyl (C=O) groups excluding carboxylic acids is 2. The second-order valence-corrected chi connectivity index (χ2v) is 11.4. The molecule has 1 aliphatic rings. The molecule has 1 N–H and O–H groups in total. The molecule has 0 aromatic heterocycles. The van der Waals surface area contributed by atoms with Crippen LogP contribution in [-0.4, -0.2) is 63.2 Å². The third kappa shape index (κ3) is 7.00. The number of hydrogen-bond donors (Lipinski definition) is 1. The van der Waals surface area contributed by atoms with Crippen molar-refractivity contribution in [3.8, 4) is 11.5 Å². The van der Waals surface area contributed by atoms with Gasteiger partial charge in [-0.15, -0.1) is 0 Å². The summed E-state index contributed by atoms with van der Waals surface area (Å²) in [5, 5.41) is 3.44. The minimum absolute atomic E-state index is 0.0841. The monoisotopic (exact) mass is 571 g/mol. The van der Waals surface area contributed by atoms with Crippen LogP contribution in [-0.2, 0) is 26.2 Å². The molecule has 1 heterocycles. The van der Waals surface area contributed by atoms with Gasteiger partial charge in [0.1, 0.15) is 25.8 Å². The lowest BCUT2D eigenvalue weighted by atomic mass is 10.1. The van der Waals surface area contributed by atoms with Crippen LogP contribution in [0, 0.1) is 0 Å². The molecule has 0 saturated heterocycles. The summed E-state index contributed by atoms with van der Waals surface area (Å²) in [6.07, 6.45) is 0.718. The number of nitrogens with zero attached hydrogens (tertiary/aromatic N) is 2. The molecule has 0 saturated carbocycles. The van der Waals surface area contributed by atoms with Crippen LogP contribution in [0.5, 0.6) is 11.5 Å². The molecule has 37 heavy (non-hydrogen) atoms. The average molecular weight is 573 g/mol. The van der Waals surface area contributed by atoms with Gasteiger partial charge < -0.3 is 19.7 Å². The van der Waals surface area contributed by atoms with Crippen LogP contribution >= 0.6 is 23.2 Å². The van der Waals surface area contributed by atoms with Gasteiger partial charge in [0, 0.05) is 34.8 Å². The molecule has 0 aliphatic carbocycles. The van der Waals surface area contributed by atoms with Gasteiger partial charge in [0.25, 0.3) is 0 Å². The third-order valence-corrected chi connectivity index (χ3v) is 8.35. The summed E-state index contributed by atoms with van der Waals surface area (Å²) in [4.78, 5) is 27.9. The normalized spacial score (nSPS) is 13.5. The number of rotatable bonds is 11. The second kappa shape index (κ2) is 12.7. The van der Waals surface area contributed by atoms with Gasteiger partial charge in [-0.3, -0.25) is 13.9 Å². The summed E-state index contributed by atoms with van der Waals surface area (Å²) in [6, 6.07) is 8.72. The smallest absolute Gasteiger partial charge is 0.244 e. The first kappa shape index (κ1) is 28.9. The van der Waals surface area contributed by atoms with Gasteiger partial charge in [0.05, 0.1) is 11.4 Å². The highest BCUT2D eigenvalue weighted by atomic mass is 35.5. The van der Waals surface area contributed by atoms with Crippen molar-refractivity contribution in [3.63, 3.8) is 0 Å². The van der Waals surface area contributed by atoms with E-state index in [2.05, 4.69) is 5.32 Å². The molecule has 1 unspecified atom stereocenters. The predicted octanol–water partition coefficient (Wildman–Crippen LogP) is 3.86. The Kier molecular flexibility index (Phi) is 9.92. The third-order valence-electron chi connectivity index (χ3n) is 5.90. The van der Waals surface area contributed by atoms with Gasteiger partial charge in [0.15, 0.2) is 11.5 Å². The summed E-state index contributed by atoms with van der Waals surface area (Å²) in [5.74, 6) is -0.326. The highest BCUT2D eigenvalue weighted by Gasteiger charge is 2.32. The number of nitrogens with one attached hydrogen (secondary N) is 1. The number of sulfonamides is 1. The summed E-state index contributed by atoms with van der Waals surface area (Å²) in [7, 11) is -3.88. The Morgan fingerprint density at radius 1 is 1.05 bits per heavy atom. The zero-order valence-electron chi connectivity index (χ0n) is 21.0. The van der Waals surface area contributed by atoms with E-state index in [1.54, 1.807) is 37.3 Å². The van der Waals surface area contributed by atoms with Crippen LogP contribution < -0.4 is 19.1 Å². The summed E-state index contributed by atoms with van der Waals surface area (Å²) < 4.78 is 38.4. The first-order valence-corrected chi connectivity index (χ1v) is 14.4. The van der Waals surface area contributed by atoms with Crippen molar-refractivity contribution in [2.45, 2.75) is 39.8 Å². The quantitative estimate of drug-likeness (QED) is 0.439. The lowest BCUT2D eigenvalue weighted by molar-refractivity contribution is -0.139. The van der Waals surface area contributed by atoms with Crippen molar-refractivity contribution in [2.75, 3.05) is 36.4 Å². The maximum absolute atomic E-state index is 13.7. The number of ether oxygens (including phenoxy) is 2. The molecule has 12 heteroatoms. The molecular weight excluding hydrogens is 541 g/mol. The van der Waals surface area contributed by atoms with Crippen molar-refractivity contribution in [3.05, 3.63) is 52.0 Å². The Labute approximate surface area is 227 Å². The Morgan fingerprint density at radius 3 is 2.32 bits per heavy atom. The van der Waals surface area contributed by atoms with E-state index in [-0.39, 0.29) is 23.9 Å². The van der Waals surface area contributed by atoms with E-state index in [0.717, 1.165) is 10.7 Å². The number of halogens is 2. The largest absolute Gasteiger partial charge is 0.486 e. The SMILES string of the molecule is CCCNC(=O)C(C)N(Cc1c(Cl)cccc1Cl)C(=O)CN(c1ccc2c(c1)OCCO2)S(=O)(=O)CC. The molecule has 1 atom stereocenters.